The molecular weight excluding hydrogens is 206 g/mol. The second kappa shape index (κ2) is 3.70. The Morgan fingerprint density at radius 1 is 1.57 bits per heavy atom. The van der Waals surface area contributed by atoms with Crippen molar-refractivity contribution in [1.29, 1.82) is 0 Å². The van der Waals surface area contributed by atoms with Crippen LogP contribution in [0.3, 0.4) is 0 Å². The monoisotopic (exact) mass is 215 g/mol. The van der Waals surface area contributed by atoms with Crippen LogP contribution in [0.4, 0.5) is 0 Å². The molecular formula is C7H9N3O3S. The number of carboxylic acids is 1. The number of aliphatic carboxylic acids is 1. The van der Waals surface area contributed by atoms with Crippen molar-refractivity contribution in [1.82, 2.24) is 14.9 Å². The Balaban J connectivity index is 2.71. The van der Waals surface area contributed by atoms with E-state index in [1.165, 1.54) is 19.2 Å². The average Bonchev–Trinajstić information content (AvgIpc) is 2.54. The Morgan fingerprint density at radius 2 is 2.21 bits per heavy atom. The lowest BCUT2D eigenvalue weighted by molar-refractivity contribution is -0.143. The second-order valence-electron chi connectivity index (χ2n) is 3.17. The van der Waals surface area contributed by atoms with Gasteiger partial charge in [-0.2, -0.15) is 0 Å². The van der Waals surface area contributed by atoms with Crippen LogP contribution >= 0.6 is 11.5 Å². The van der Waals surface area contributed by atoms with E-state index in [-0.39, 0.29) is 5.69 Å². The summed E-state index contributed by atoms with van der Waals surface area (Å²) in [6, 6.07) is 0. The summed E-state index contributed by atoms with van der Waals surface area (Å²) in [7, 11) is 0. The number of amides is 1. The van der Waals surface area contributed by atoms with Crippen molar-refractivity contribution >= 4 is 23.4 Å². The zero-order valence-corrected chi connectivity index (χ0v) is 8.46. The van der Waals surface area contributed by atoms with E-state index in [9.17, 15) is 9.59 Å². The highest BCUT2D eigenvalue weighted by molar-refractivity contribution is 7.03. The van der Waals surface area contributed by atoms with Crippen molar-refractivity contribution in [2.75, 3.05) is 0 Å². The molecule has 76 valence electrons. The summed E-state index contributed by atoms with van der Waals surface area (Å²) in [6.45, 7) is 2.79. The number of hydrogen-bond donors (Lipinski definition) is 2. The summed E-state index contributed by atoms with van der Waals surface area (Å²) in [5, 5.41) is 16.0. The van der Waals surface area contributed by atoms with Gasteiger partial charge in [-0.3, -0.25) is 4.79 Å². The number of carbonyl (C=O) groups is 2. The first-order valence-corrected chi connectivity index (χ1v) is 4.60. The first kappa shape index (κ1) is 10.6. The van der Waals surface area contributed by atoms with Gasteiger partial charge in [0.1, 0.15) is 5.54 Å². The number of nitrogens with one attached hydrogen (secondary N) is 1. The first-order valence-electron chi connectivity index (χ1n) is 3.76. The van der Waals surface area contributed by atoms with Gasteiger partial charge < -0.3 is 10.4 Å². The van der Waals surface area contributed by atoms with Crippen LogP contribution in [-0.4, -0.2) is 32.1 Å². The van der Waals surface area contributed by atoms with Crippen molar-refractivity contribution in [3.8, 4) is 0 Å². The van der Waals surface area contributed by atoms with E-state index in [0.29, 0.717) is 0 Å². The molecule has 1 aromatic heterocycles. The molecule has 0 atom stereocenters. The number of carboxylic acid groups (broad SMARTS) is 1. The number of aromatic nitrogens is 2. The quantitative estimate of drug-likeness (QED) is 0.747. The highest BCUT2D eigenvalue weighted by Crippen LogP contribution is 2.04. The molecule has 0 saturated heterocycles. The van der Waals surface area contributed by atoms with Crippen LogP contribution < -0.4 is 5.32 Å². The number of carbonyl (C=O) groups excluding carboxylic acids is 1. The van der Waals surface area contributed by atoms with Crippen molar-refractivity contribution < 1.29 is 14.7 Å². The number of nitrogens with zero attached hydrogens (tertiary/aromatic N) is 2. The zero-order valence-electron chi connectivity index (χ0n) is 7.64. The Bertz CT molecular complexity index is 347. The van der Waals surface area contributed by atoms with Gasteiger partial charge in [-0.15, -0.1) is 5.10 Å². The fourth-order valence-electron chi connectivity index (χ4n) is 0.665. The lowest BCUT2D eigenvalue weighted by Crippen LogP contribution is -2.49. The van der Waals surface area contributed by atoms with Crippen LogP contribution in [0, 0.1) is 0 Å². The lowest BCUT2D eigenvalue weighted by Gasteiger charge is -2.19. The lowest BCUT2D eigenvalue weighted by atomic mass is 10.1. The zero-order chi connectivity index (χ0) is 10.8. The Kier molecular flexibility index (Phi) is 2.80. The molecule has 0 aliphatic carbocycles. The highest BCUT2D eigenvalue weighted by atomic mass is 32.1. The van der Waals surface area contributed by atoms with E-state index in [2.05, 4.69) is 14.9 Å². The summed E-state index contributed by atoms with van der Waals surface area (Å²) < 4.78 is 3.50. The number of rotatable bonds is 3. The van der Waals surface area contributed by atoms with Crippen LogP contribution in [-0.2, 0) is 4.79 Å². The van der Waals surface area contributed by atoms with Gasteiger partial charge in [0.25, 0.3) is 5.91 Å². The van der Waals surface area contributed by atoms with Gasteiger partial charge in [0.15, 0.2) is 5.69 Å². The van der Waals surface area contributed by atoms with Crippen LogP contribution in [0.15, 0.2) is 5.38 Å². The molecule has 2 N–H and O–H groups in total. The summed E-state index contributed by atoms with van der Waals surface area (Å²) in [6.07, 6.45) is 0. The van der Waals surface area contributed by atoms with Gasteiger partial charge in [-0.05, 0) is 25.4 Å². The predicted octanol–water partition coefficient (Wildman–Crippen LogP) is 0.131. The molecule has 6 nitrogen and oxygen atoms in total. The Morgan fingerprint density at radius 3 is 2.64 bits per heavy atom. The summed E-state index contributed by atoms with van der Waals surface area (Å²) >= 11 is 1.03. The second-order valence-corrected chi connectivity index (χ2v) is 3.78. The average molecular weight is 215 g/mol. The molecule has 0 radical (unpaired) electrons. The first-order chi connectivity index (χ1) is 6.43. The van der Waals surface area contributed by atoms with Gasteiger partial charge in [0, 0.05) is 5.38 Å². The van der Waals surface area contributed by atoms with E-state index in [4.69, 9.17) is 5.11 Å². The van der Waals surface area contributed by atoms with Crippen molar-refractivity contribution in [2.45, 2.75) is 19.4 Å². The van der Waals surface area contributed by atoms with Crippen molar-refractivity contribution in [2.24, 2.45) is 0 Å². The molecule has 0 fully saturated rings. The molecule has 0 aliphatic rings. The SMILES string of the molecule is CC(C)(NC(=O)c1csnn1)C(=O)O. The fraction of sp³-hybridized carbons (Fsp3) is 0.429. The van der Waals surface area contributed by atoms with E-state index in [1.54, 1.807) is 0 Å². The minimum Gasteiger partial charge on any atom is -0.480 e. The molecule has 0 saturated carbocycles. The van der Waals surface area contributed by atoms with Gasteiger partial charge in [0.05, 0.1) is 0 Å². The Hall–Kier alpha value is -1.50. The van der Waals surface area contributed by atoms with Gasteiger partial charge >= 0.3 is 5.97 Å². The van der Waals surface area contributed by atoms with Crippen LogP contribution in [0.2, 0.25) is 0 Å². The van der Waals surface area contributed by atoms with Crippen molar-refractivity contribution in [3.63, 3.8) is 0 Å². The van der Waals surface area contributed by atoms with Crippen LogP contribution in [0.5, 0.6) is 0 Å². The summed E-state index contributed by atoms with van der Waals surface area (Å²) in [4.78, 5) is 22.0. The van der Waals surface area contributed by atoms with Crippen molar-refractivity contribution in [3.05, 3.63) is 11.1 Å². The van der Waals surface area contributed by atoms with Crippen LogP contribution in [0.1, 0.15) is 24.3 Å². The molecule has 0 aliphatic heterocycles. The Labute approximate surface area is 84.1 Å². The largest absolute Gasteiger partial charge is 0.480 e. The van der Waals surface area contributed by atoms with Gasteiger partial charge in [0.2, 0.25) is 0 Å². The minimum atomic E-state index is -1.30. The maximum Gasteiger partial charge on any atom is 0.328 e. The molecule has 7 heteroatoms. The molecule has 1 rings (SSSR count). The van der Waals surface area contributed by atoms with Gasteiger partial charge in [-0.25, -0.2) is 4.79 Å². The smallest absolute Gasteiger partial charge is 0.328 e. The van der Waals surface area contributed by atoms with Crippen LogP contribution in [0.25, 0.3) is 0 Å². The summed E-state index contributed by atoms with van der Waals surface area (Å²) in [5.41, 5.74) is -1.18. The maximum atomic E-state index is 11.4. The highest BCUT2D eigenvalue weighted by Gasteiger charge is 2.29. The molecule has 0 bridgehead atoms. The minimum absolute atomic E-state index is 0.129. The molecule has 0 aromatic carbocycles. The molecule has 1 amide bonds. The van der Waals surface area contributed by atoms with E-state index in [1.807, 2.05) is 0 Å². The van der Waals surface area contributed by atoms with E-state index < -0.39 is 17.4 Å². The number of hydrogen-bond acceptors (Lipinski definition) is 5. The molecule has 14 heavy (non-hydrogen) atoms. The molecule has 0 unspecified atom stereocenters. The third-order valence-electron chi connectivity index (χ3n) is 1.55. The topological polar surface area (TPSA) is 92.2 Å². The molecule has 1 heterocycles. The fourth-order valence-corrected chi connectivity index (χ4v) is 1.10. The molecule has 0 spiro atoms. The maximum absolute atomic E-state index is 11.4. The third-order valence-corrected chi connectivity index (χ3v) is 2.06. The standard InChI is InChI=1S/C7H9N3O3S/c1-7(2,6(12)13)8-5(11)4-3-14-10-9-4/h3H,1-2H3,(H,8,11)(H,12,13). The predicted molar refractivity (Wildman–Crippen MR) is 49.1 cm³/mol. The third kappa shape index (κ3) is 2.25. The molecule has 1 aromatic rings. The van der Waals surface area contributed by atoms with Gasteiger partial charge in [-0.1, -0.05) is 4.49 Å². The van der Waals surface area contributed by atoms with E-state index in [0.717, 1.165) is 11.5 Å². The van der Waals surface area contributed by atoms with E-state index >= 15 is 0 Å². The summed E-state index contributed by atoms with van der Waals surface area (Å²) in [5.74, 6) is -1.64. The normalized spacial score (nSPS) is 11.0.